The van der Waals surface area contributed by atoms with Crippen LogP contribution in [0.5, 0.6) is 11.5 Å². The van der Waals surface area contributed by atoms with Crippen LogP contribution in [0.4, 0.5) is 0 Å². The van der Waals surface area contributed by atoms with Crippen LogP contribution in [-0.4, -0.2) is 41.3 Å². The lowest BCUT2D eigenvalue weighted by Crippen LogP contribution is -2.31. The van der Waals surface area contributed by atoms with E-state index in [0.717, 1.165) is 17.7 Å². The molecular formula is C15H22O3S2. The van der Waals surface area contributed by atoms with Gasteiger partial charge in [-0.25, -0.2) is 0 Å². The molecule has 1 fully saturated rings. The van der Waals surface area contributed by atoms with E-state index in [4.69, 9.17) is 9.47 Å². The Hall–Kier alpha value is -0.520. The number of hydrogen-bond acceptors (Lipinski definition) is 5. The molecule has 1 aromatic rings. The summed E-state index contributed by atoms with van der Waals surface area (Å²) in [5.74, 6) is 3.65. The predicted molar refractivity (Wildman–Crippen MR) is 87.3 cm³/mol. The van der Waals surface area contributed by atoms with E-state index in [-0.39, 0.29) is 5.25 Å². The number of hydrogen-bond donors (Lipinski definition) is 1. The van der Waals surface area contributed by atoms with Crippen molar-refractivity contribution in [2.24, 2.45) is 0 Å². The number of methoxy groups -OCH3 is 2. The summed E-state index contributed by atoms with van der Waals surface area (Å²) in [7, 11) is 3.24. The molecule has 1 N–H and O–H groups in total. The Morgan fingerprint density at radius 1 is 1.20 bits per heavy atom. The zero-order chi connectivity index (χ0) is 14.5. The molecule has 1 aromatic carbocycles. The number of aliphatic hydroxyl groups excluding tert-OH is 1. The van der Waals surface area contributed by atoms with Crippen LogP contribution >= 0.6 is 23.5 Å². The van der Waals surface area contributed by atoms with Crippen LogP contribution in [0, 0.1) is 0 Å². The minimum absolute atomic E-state index is 0.247. The van der Waals surface area contributed by atoms with Gasteiger partial charge in [0.1, 0.15) is 0 Å². The average Bonchev–Trinajstić information content (AvgIpc) is 2.53. The Bertz CT molecular complexity index is 439. The van der Waals surface area contributed by atoms with Crippen LogP contribution in [0.15, 0.2) is 18.2 Å². The van der Waals surface area contributed by atoms with Gasteiger partial charge >= 0.3 is 0 Å². The van der Waals surface area contributed by atoms with Gasteiger partial charge in [0, 0.05) is 22.0 Å². The van der Waals surface area contributed by atoms with E-state index in [1.165, 1.54) is 5.75 Å². The molecule has 1 saturated heterocycles. The van der Waals surface area contributed by atoms with Gasteiger partial charge in [-0.15, -0.1) is 0 Å². The molecule has 0 radical (unpaired) electrons. The number of benzene rings is 1. The fourth-order valence-electron chi connectivity index (χ4n) is 2.46. The summed E-state index contributed by atoms with van der Waals surface area (Å²) in [6.07, 6.45) is 0.629. The number of aliphatic hydroxyl groups is 1. The second-order valence-corrected chi connectivity index (χ2v) is 7.35. The maximum atomic E-state index is 10.7. The topological polar surface area (TPSA) is 38.7 Å². The molecule has 1 aliphatic rings. The van der Waals surface area contributed by atoms with Crippen molar-refractivity contribution in [3.05, 3.63) is 23.8 Å². The predicted octanol–water partition coefficient (Wildman–Crippen LogP) is 3.36. The van der Waals surface area contributed by atoms with Gasteiger partial charge in [-0.1, -0.05) is 13.0 Å². The Labute approximate surface area is 129 Å². The van der Waals surface area contributed by atoms with Gasteiger partial charge in [-0.3, -0.25) is 0 Å². The van der Waals surface area contributed by atoms with Crippen LogP contribution < -0.4 is 9.47 Å². The summed E-state index contributed by atoms with van der Waals surface area (Å²) in [4.78, 5) is 0. The molecule has 0 aromatic heterocycles. The van der Waals surface area contributed by atoms with Gasteiger partial charge in [0.15, 0.2) is 11.5 Å². The van der Waals surface area contributed by atoms with E-state index in [9.17, 15) is 5.11 Å². The molecule has 0 spiro atoms. The molecule has 3 unspecified atom stereocenters. The van der Waals surface area contributed by atoms with Crippen LogP contribution in [-0.2, 0) is 0 Å². The normalized spacial score (nSPS) is 24.2. The summed E-state index contributed by atoms with van der Waals surface area (Å²) >= 11 is 3.85. The lowest BCUT2D eigenvalue weighted by atomic mass is 10.0. The smallest absolute Gasteiger partial charge is 0.161 e. The summed E-state index contributed by atoms with van der Waals surface area (Å²) in [5.41, 5.74) is 0.904. The van der Waals surface area contributed by atoms with Gasteiger partial charge < -0.3 is 14.6 Å². The van der Waals surface area contributed by atoms with Crippen LogP contribution in [0.3, 0.4) is 0 Å². The fraction of sp³-hybridized carbons (Fsp3) is 0.600. The molecule has 0 aliphatic carbocycles. The highest BCUT2D eigenvalue weighted by Gasteiger charge is 2.32. The standard InChI is InChI=1S/C15H22O3S2/c1-4-13-15(20-8-7-19-13)14(16)10-5-6-11(17-2)12(9-10)18-3/h5-6,9,13-16H,4,7-8H2,1-3H3. The highest BCUT2D eigenvalue weighted by Crippen LogP contribution is 2.41. The van der Waals surface area contributed by atoms with E-state index in [1.807, 2.05) is 41.7 Å². The zero-order valence-corrected chi connectivity index (χ0v) is 13.8. The summed E-state index contributed by atoms with van der Waals surface area (Å²) in [5, 5.41) is 11.5. The monoisotopic (exact) mass is 314 g/mol. The quantitative estimate of drug-likeness (QED) is 0.902. The lowest BCUT2D eigenvalue weighted by Gasteiger charge is -2.33. The summed E-state index contributed by atoms with van der Waals surface area (Å²) < 4.78 is 10.6. The largest absolute Gasteiger partial charge is 0.493 e. The highest BCUT2D eigenvalue weighted by atomic mass is 32.2. The van der Waals surface area contributed by atoms with Crippen LogP contribution in [0.1, 0.15) is 25.0 Å². The molecule has 2 rings (SSSR count). The van der Waals surface area contributed by atoms with Crippen molar-refractivity contribution in [2.75, 3.05) is 25.7 Å². The first-order valence-corrected chi connectivity index (χ1v) is 8.94. The summed E-state index contributed by atoms with van der Waals surface area (Å²) in [6.45, 7) is 2.19. The Balaban J connectivity index is 2.21. The zero-order valence-electron chi connectivity index (χ0n) is 12.2. The van der Waals surface area contributed by atoms with Crippen molar-refractivity contribution >= 4 is 23.5 Å². The maximum absolute atomic E-state index is 10.7. The van der Waals surface area contributed by atoms with E-state index >= 15 is 0 Å². The molecule has 1 aliphatic heterocycles. The van der Waals surface area contributed by atoms with E-state index < -0.39 is 6.10 Å². The minimum atomic E-state index is -0.461. The molecule has 0 saturated carbocycles. The first-order valence-electron chi connectivity index (χ1n) is 6.84. The van der Waals surface area contributed by atoms with Gasteiger partial charge in [-0.2, -0.15) is 23.5 Å². The third-order valence-corrected chi connectivity index (χ3v) is 6.89. The van der Waals surface area contributed by atoms with Crippen LogP contribution in [0.25, 0.3) is 0 Å². The molecular weight excluding hydrogens is 292 g/mol. The average molecular weight is 314 g/mol. The molecule has 112 valence electrons. The Kier molecular flexibility index (Phi) is 5.93. The molecule has 20 heavy (non-hydrogen) atoms. The molecule has 5 heteroatoms. The molecule has 3 nitrogen and oxygen atoms in total. The van der Waals surface area contributed by atoms with E-state index in [2.05, 4.69) is 6.92 Å². The Morgan fingerprint density at radius 2 is 1.90 bits per heavy atom. The lowest BCUT2D eigenvalue weighted by molar-refractivity contribution is 0.171. The molecule has 1 heterocycles. The number of thioether (sulfide) groups is 2. The van der Waals surface area contributed by atoms with Crippen molar-refractivity contribution in [1.29, 1.82) is 0 Å². The Morgan fingerprint density at radius 3 is 2.55 bits per heavy atom. The SMILES string of the molecule is CCC1SCCSC1C(O)c1ccc(OC)c(OC)c1. The molecule has 0 amide bonds. The van der Waals surface area contributed by atoms with Crippen molar-refractivity contribution in [3.63, 3.8) is 0 Å². The second-order valence-electron chi connectivity index (χ2n) is 4.71. The third-order valence-electron chi connectivity index (χ3n) is 3.55. The van der Waals surface area contributed by atoms with Crippen molar-refractivity contribution in [1.82, 2.24) is 0 Å². The van der Waals surface area contributed by atoms with Crippen LogP contribution in [0.2, 0.25) is 0 Å². The molecule has 0 bridgehead atoms. The first kappa shape index (κ1) is 15.9. The van der Waals surface area contributed by atoms with E-state index in [1.54, 1.807) is 14.2 Å². The van der Waals surface area contributed by atoms with Gasteiger partial charge in [-0.05, 0) is 24.1 Å². The minimum Gasteiger partial charge on any atom is -0.493 e. The third kappa shape index (κ3) is 3.38. The second kappa shape index (κ2) is 7.48. The summed E-state index contributed by atoms with van der Waals surface area (Å²) in [6, 6.07) is 5.67. The van der Waals surface area contributed by atoms with Gasteiger partial charge in [0.25, 0.3) is 0 Å². The number of ether oxygens (including phenoxy) is 2. The highest BCUT2D eigenvalue weighted by molar-refractivity contribution is 8.07. The molecule has 3 atom stereocenters. The van der Waals surface area contributed by atoms with Crippen molar-refractivity contribution in [3.8, 4) is 11.5 Å². The van der Waals surface area contributed by atoms with E-state index in [0.29, 0.717) is 16.7 Å². The van der Waals surface area contributed by atoms with Crippen molar-refractivity contribution in [2.45, 2.75) is 29.9 Å². The first-order chi connectivity index (χ1) is 9.71. The van der Waals surface area contributed by atoms with Gasteiger partial charge in [0.2, 0.25) is 0 Å². The fourth-order valence-corrected chi connectivity index (χ4v) is 5.59. The van der Waals surface area contributed by atoms with Crippen molar-refractivity contribution < 1.29 is 14.6 Å². The maximum Gasteiger partial charge on any atom is 0.161 e. The number of rotatable bonds is 5. The van der Waals surface area contributed by atoms with Gasteiger partial charge in [0.05, 0.1) is 20.3 Å².